The standard InChI is InChI=1S/C8H8N2O/c1-2-3-7-4-10-8(6-11)5-9-7/h2-6H,1H3. The van der Waals surface area contributed by atoms with Gasteiger partial charge in [0.05, 0.1) is 18.1 Å². The largest absolute Gasteiger partial charge is 0.296 e. The van der Waals surface area contributed by atoms with E-state index in [9.17, 15) is 4.79 Å². The Bertz CT molecular complexity index is 264. The van der Waals surface area contributed by atoms with Crippen molar-refractivity contribution < 1.29 is 4.79 Å². The zero-order valence-electron chi connectivity index (χ0n) is 6.19. The molecule has 0 unspecified atom stereocenters. The van der Waals surface area contributed by atoms with Gasteiger partial charge >= 0.3 is 0 Å². The number of rotatable bonds is 2. The van der Waals surface area contributed by atoms with Crippen molar-refractivity contribution in [1.82, 2.24) is 9.97 Å². The van der Waals surface area contributed by atoms with Gasteiger partial charge in [0.15, 0.2) is 6.29 Å². The molecule has 1 aromatic heterocycles. The molecule has 11 heavy (non-hydrogen) atoms. The van der Waals surface area contributed by atoms with Crippen molar-refractivity contribution >= 4 is 12.4 Å². The molecule has 1 rings (SSSR count). The van der Waals surface area contributed by atoms with Crippen molar-refractivity contribution in [3.63, 3.8) is 0 Å². The maximum Gasteiger partial charge on any atom is 0.170 e. The summed E-state index contributed by atoms with van der Waals surface area (Å²) in [5.74, 6) is 0. The molecule has 1 aromatic rings. The molecular weight excluding hydrogens is 140 g/mol. The summed E-state index contributed by atoms with van der Waals surface area (Å²) in [7, 11) is 0. The molecule has 0 N–H and O–H groups in total. The maximum absolute atomic E-state index is 10.2. The van der Waals surface area contributed by atoms with Crippen LogP contribution in [0.25, 0.3) is 6.08 Å². The Kier molecular flexibility index (Phi) is 2.49. The topological polar surface area (TPSA) is 42.9 Å². The lowest BCUT2D eigenvalue weighted by Crippen LogP contribution is -1.89. The minimum Gasteiger partial charge on any atom is -0.296 e. The van der Waals surface area contributed by atoms with Gasteiger partial charge in [-0.2, -0.15) is 0 Å². The predicted molar refractivity (Wildman–Crippen MR) is 42.1 cm³/mol. The lowest BCUT2D eigenvalue weighted by molar-refractivity contribution is 0.111. The number of nitrogens with zero attached hydrogens (tertiary/aromatic N) is 2. The number of allylic oxidation sites excluding steroid dienone is 1. The molecule has 0 aliphatic heterocycles. The molecular formula is C8H8N2O. The Hall–Kier alpha value is -1.51. The maximum atomic E-state index is 10.2. The molecule has 3 heteroatoms. The third kappa shape index (κ3) is 1.97. The zero-order valence-corrected chi connectivity index (χ0v) is 6.19. The SMILES string of the molecule is CC=Cc1cnc(C=O)cn1. The van der Waals surface area contributed by atoms with Gasteiger partial charge in [-0.3, -0.25) is 9.78 Å². The van der Waals surface area contributed by atoms with Gasteiger partial charge in [-0.05, 0) is 13.0 Å². The molecule has 0 aliphatic rings. The molecule has 0 aliphatic carbocycles. The molecule has 0 saturated carbocycles. The Balaban J connectivity index is 2.91. The fourth-order valence-electron chi connectivity index (χ4n) is 0.666. The minimum atomic E-state index is 0.359. The van der Waals surface area contributed by atoms with E-state index in [0.717, 1.165) is 5.69 Å². The van der Waals surface area contributed by atoms with Gasteiger partial charge in [0, 0.05) is 0 Å². The lowest BCUT2D eigenvalue weighted by Gasteiger charge is -1.90. The monoisotopic (exact) mass is 148 g/mol. The van der Waals surface area contributed by atoms with Crippen LogP contribution in [0.15, 0.2) is 18.5 Å². The van der Waals surface area contributed by atoms with Crippen LogP contribution in [0.5, 0.6) is 0 Å². The van der Waals surface area contributed by atoms with E-state index in [4.69, 9.17) is 0 Å². The quantitative estimate of drug-likeness (QED) is 0.594. The van der Waals surface area contributed by atoms with Gasteiger partial charge in [-0.1, -0.05) is 6.08 Å². The summed E-state index contributed by atoms with van der Waals surface area (Å²) >= 11 is 0. The smallest absolute Gasteiger partial charge is 0.170 e. The summed E-state index contributed by atoms with van der Waals surface area (Å²) in [4.78, 5) is 17.9. The Morgan fingerprint density at radius 2 is 1.91 bits per heavy atom. The molecule has 56 valence electrons. The van der Waals surface area contributed by atoms with E-state index in [1.54, 1.807) is 6.20 Å². The van der Waals surface area contributed by atoms with Crippen LogP contribution in [0, 0.1) is 0 Å². The van der Waals surface area contributed by atoms with Gasteiger partial charge in [0.2, 0.25) is 0 Å². The average molecular weight is 148 g/mol. The fourth-order valence-corrected chi connectivity index (χ4v) is 0.666. The number of carbonyl (C=O) groups excluding carboxylic acids is 1. The minimum absolute atomic E-state index is 0.359. The van der Waals surface area contributed by atoms with Crippen molar-refractivity contribution in [2.24, 2.45) is 0 Å². The van der Waals surface area contributed by atoms with Crippen LogP contribution in [-0.4, -0.2) is 16.3 Å². The molecule has 0 bridgehead atoms. The first-order chi connectivity index (χ1) is 5.36. The van der Waals surface area contributed by atoms with E-state index in [0.29, 0.717) is 12.0 Å². The van der Waals surface area contributed by atoms with Crippen molar-refractivity contribution in [3.8, 4) is 0 Å². The molecule has 0 fully saturated rings. The molecule has 0 amide bonds. The predicted octanol–water partition coefficient (Wildman–Crippen LogP) is 1.32. The van der Waals surface area contributed by atoms with Crippen LogP contribution < -0.4 is 0 Å². The third-order valence-electron chi connectivity index (χ3n) is 1.15. The number of aldehydes is 1. The first-order valence-corrected chi connectivity index (χ1v) is 3.26. The van der Waals surface area contributed by atoms with Gasteiger partial charge in [0.25, 0.3) is 0 Å². The normalized spacial score (nSPS) is 10.3. The molecule has 0 atom stereocenters. The van der Waals surface area contributed by atoms with Crippen molar-refractivity contribution in [3.05, 3.63) is 29.9 Å². The van der Waals surface area contributed by atoms with Crippen LogP contribution in [0.3, 0.4) is 0 Å². The second-order valence-electron chi connectivity index (χ2n) is 1.98. The highest BCUT2D eigenvalue weighted by Crippen LogP contribution is 1.95. The van der Waals surface area contributed by atoms with Crippen LogP contribution in [0.4, 0.5) is 0 Å². The second-order valence-corrected chi connectivity index (χ2v) is 1.98. The van der Waals surface area contributed by atoms with Crippen LogP contribution in [-0.2, 0) is 0 Å². The summed E-state index contributed by atoms with van der Waals surface area (Å²) in [6.45, 7) is 1.90. The third-order valence-corrected chi connectivity index (χ3v) is 1.15. The summed E-state index contributed by atoms with van der Waals surface area (Å²) in [6.07, 6.45) is 7.37. The van der Waals surface area contributed by atoms with Gasteiger partial charge < -0.3 is 0 Å². The highest BCUT2D eigenvalue weighted by atomic mass is 16.1. The van der Waals surface area contributed by atoms with Crippen LogP contribution >= 0.6 is 0 Å². The second kappa shape index (κ2) is 3.61. The average Bonchev–Trinajstić information content (AvgIpc) is 2.07. The molecule has 3 nitrogen and oxygen atoms in total. The van der Waals surface area contributed by atoms with E-state index >= 15 is 0 Å². The van der Waals surface area contributed by atoms with E-state index in [-0.39, 0.29) is 0 Å². The molecule has 0 aromatic carbocycles. The first-order valence-electron chi connectivity index (χ1n) is 3.26. The number of hydrogen-bond donors (Lipinski definition) is 0. The summed E-state index contributed by atoms with van der Waals surface area (Å²) in [5.41, 5.74) is 1.12. The Labute approximate surface area is 64.8 Å². The number of aromatic nitrogens is 2. The van der Waals surface area contributed by atoms with E-state index in [2.05, 4.69) is 9.97 Å². The van der Waals surface area contributed by atoms with Crippen molar-refractivity contribution in [2.45, 2.75) is 6.92 Å². The zero-order chi connectivity index (χ0) is 8.10. The number of hydrogen-bond acceptors (Lipinski definition) is 3. The summed E-state index contributed by atoms with van der Waals surface area (Å²) < 4.78 is 0. The van der Waals surface area contributed by atoms with Crippen LogP contribution in [0.2, 0.25) is 0 Å². The van der Waals surface area contributed by atoms with Gasteiger partial charge in [0.1, 0.15) is 5.69 Å². The summed E-state index contributed by atoms with van der Waals surface area (Å²) in [6, 6.07) is 0. The van der Waals surface area contributed by atoms with E-state index in [1.165, 1.54) is 6.20 Å². The van der Waals surface area contributed by atoms with Gasteiger partial charge in [-0.15, -0.1) is 0 Å². The Morgan fingerprint density at radius 1 is 1.27 bits per heavy atom. The number of carbonyl (C=O) groups is 1. The summed E-state index contributed by atoms with van der Waals surface area (Å²) in [5, 5.41) is 0. The first kappa shape index (κ1) is 7.60. The van der Waals surface area contributed by atoms with Gasteiger partial charge in [-0.25, -0.2) is 4.98 Å². The Morgan fingerprint density at radius 3 is 2.36 bits per heavy atom. The molecule has 0 radical (unpaired) electrons. The van der Waals surface area contributed by atoms with E-state index < -0.39 is 0 Å². The van der Waals surface area contributed by atoms with Crippen LogP contribution in [0.1, 0.15) is 23.1 Å². The molecule has 0 spiro atoms. The molecule has 1 heterocycles. The fraction of sp³-hybridized carbons (Fsp3) is 0.125. The van der Waals surface area contributed by atoms with Crippen molar-refractivity contribution in [2.75, 3.05) is 0 Å². The highest BCUT2D eigenvalue weighted by Gasteiger charge is 1.90. The van der Waals surface area contributed by atoms with Crippen molar-refractivity contribution in [1.29, 1.82) is 0 Å². The highest BCUT2D eigenvalue weighted by molar-refractivity contribution is 5.71. The lowest BCUT2D eigenvalue weighted by atomic mass is 10.4. The molecule has 0 saturated heterocycles. The van der Waals surface area contributed by atoms with E-state index in [1.807, 2.05) is 19.1 Å².